The summed E-state index contributed by atoms with van der Waals surface area (Å²) in [7, 11) is 0. The van der Waals surface area contributed by atoms with E-state index < -0.39 is 0 Å². The highest BCUT2D eigenvalue weighted by Gasteiger charge is 1.95. The standard InChI is InChI=1S/C7H9N2/c1-6(8)7-2-4-9-5-3-7/h2-6,8H,1H3/t6-/m0/s1. The van der Waals surface area contributed by atoms with Crippen molar-refractivity contribution in [1.29, 1.82) is 0 Å². The van der Waals surface area contributed by atoms with E-state index in [2.05, 4.69) is 4.98 Å². The van der Waals surface area contributed by atoms with Crippen LogP contribution in [0.2, 0.25) is 0 Å². The lowest BCUT2D eigenvalue weighted by atomic mass is 10.1. The Balaban J connectivity index is 2.85. The number of nitrogens with zero attached hydrogens (tertiary/aromatic N) is 1. The number of hydrogen-bond acceptors (Lipinski definition) is 1. The molecule has 1 N–H and O–H groups in total. The fourth-order valence-corrected chi connectivity index (χ4v) is 0.652. The summed E-state index contributed by atoms with van der Waals surface area (Å²) in [6.45, 7) is 1.84. The van der Waals surface area contributed by atoms with Crippen molar-refractivity contribution in [3.05, 3.63) is 30.1 Å². The summed E-state index contributed by atoms with van der Waals surface area (Å²) >= 11 is 0. The number of hydrogen-bond donors (Lipinski definition) is 0. The maximum atomic E-state index is 7.29. The quantitative estimate of drug-likeness (QED) is 0.553. The Hall–Kier alpha value is -0.890. The average molecular weight is 121 g/mol. The molecular formula is C7H9N2. The Bertz CT molecular complexity index is 170. The van der Waals surface area contributed by atoms with Crippen LogP contribution in [0.5, 0.6) is 0 Å². The van der Waals surface area contributed by atoms with Crippen LogP contribution in [0.25, 0.3) is 0 Å². The van der Waals surface area contributed by atoms with Crippen LogP contribution >= 0.6 is 0 Å². The lowest BCUT2D eigenvalue weighted by Gasteiger charge is -2.00. The minimum absolute atomic E-state index is 0.131. The molecule has 1 atom stereocenters. The fourth-order valence-electron chi connectivity index (χ4n) is 0.652. The smallest absolute Gasteiger partial charge is 0.0435 e. The van der Waals surface area contributed by atoms with Crippen LogP contribution in [0.1, 0.15) is 18.5 Å². The summed E-state index contributed by atoms with van der Waals surface area (Å²) < 4.78 is 0. The summed E-state index contributed by atoms with van der Waals surface area (Å²) in [6.07, 6.45) is 3.42. The Morgan fingerprint density at radius 3 is 2.33 bits per heavy atom. The zero-order valence-electron chi connectivity index (χ0n) is 5.33. The van der Waals surface area contributed by atoms with Crippen molar-refractivity contribution in [2.24, 2.45) is 0 Å². The molecule has 0 spiro atoms. The van der Waals surface area contributed by atoms with Crippen LogP contribution in [0.15, 0.2) is 24.5 Å². The normalized spacial score (nSPS) is 13.1. The largest absolute Gasteiger partial charge is 0.265 e. The van der Waals surface area contributed by atoms with Crippen LogP contribution in [-0.4, -0.2) is 4.98 Å². The zero-order valence-corrected chi connectivity index (χ0v) is 5.33. The molecule has 0 bridgehead atoms. The SMILES string of the molecule is C[C@H]([NH])c1ccncc1. The van der Waals surface area contributed by atoms with Crippen LogP contribution < -0.4 is 5.73 Å². The minimum Gasteiger partial charge on any atom is -0.265 e. The van der Waals surface area contributed by atoms with E-state index in [1.54, 1.807) is 12.4 Å². The van der Waals surface area contributed by atoms with Crippen molar-refractivity contribution in [2.75, 3.05) is 0 Å². The molecule has 0 unspecified atom stereocenters. The molecule has 0 aromatic carbocycles. The van der Waals surface area contributed by atoms with Gasteiger partial charge in [0.15, 0.2) is 0 Å². The topological polar surface area (TPSA) is 36.7 Å². The van der Waals surface area contributed by atoms with Crippen molar-refractivity contribution in [2.45, 2.75) is 13.0 Å². The molecule has 1 radical (unpaired) electrons. The van der Waals surface area contributed by atoms with Gasteiger partial charge in [0.1, 0.15) is 0 Å². The summed E-state index contributed by atoms with van der Waals surface area (Å²) in [4.78, 5) is 3.84. The summed E-state index contributed by atoms with van der Waals surface area (Å²) in [5.74, 6) is 0. The number of aromatic nitrogens is 1. The molecule has 0 amide bonds. The lowest BCUT2D eigenvalue weighted by molar-refractivity contribution is 0.785. The molecule has 1 rings (SSSR count). The molecule has 0 aliphatic carbocycles. The van der Waals surface area contributed by atoms with Gasteiger partial charge in [0, 0.05) is 18.4 Å². The van der Waals surface area contributed by atoms with Gasteiger partial charge in [-0.25, -0.2) is 0 Å². The maximum Gasteiger partial charge on any atom is 0.0435 e. The van der Waals surface area contributed by atoms with E-state index in [-0.39, 0.29) is 6.04 Å². The monoisotopic (exact) mass is 121 g/mol. The third-order valence-corrected chi connectivity index (χ3v) is 1.21. The van der Waals surface area contributed by atoms with Gasteiger partial charge >= 0.3 is 0 Å². The van der Waals surface area contributed by atoms with E-state index >= 15 is 0 Å². The molecule has 9 heavy (non-hydrogen) atoms. The fraction of sp³-hybridized carbons (Fsp3) is 0.286. The van der Waals surface area contributed by atoms with Gasteiger partial charge in [-0.05, 0) is 24.6 Å². The van der Waals surface area contributed by atoms with E-state index in [4.69, 9.17) is 5.73 Å². The van der Waals surface area contributed by atoms with E-state index in [1.165, 1.54) is 0 Å². The van der Waals surface area contributed by atoms with Gasteiger partial charge in [0.25, 0.3) is 0 Å². The molecule has 0 aliphatic heterocycles. The van der Waals surface area contributed by atoms with E-state index in [0.29, 0.717) is 0 Å². The van der Waals surface area contributed by atoms with Crippen molar-refractivity contribution in [1.82, 2.24) is 10.7 Å². The Morgan fingerprint density at radius 1 is 1.44 bits per heavy atom. The average Bonchev–Trinajstić information content (AvgIpc) is 1.90. The molecule has 0 fully saturated rings. The zero-order chi connectivity index (χ0) is 6.69. The Labute approximate surface area is 54.7 Å². The second-order valence-electron chi connectivity index (χ2n) is 2.00. The molecule has 1 heterocycles. The summed E-state index contributed by atoms with van der Waals surface area (Å²) in [5, 5.41) is 0. The van der Waals surface area contributed by atoms with Crippen molar-refractivity contribution in [3.63, 3.8) is 0 Å². The summed E-state index contributed by atoms with van der Waals surface area (Å²) in [6, 6.07) is 3.59. The number of nitrogens with one attached hydrogen (secondary N) is 1. The molecule has 0 saturated heterocycles. The van der Waals surface area contributed by atoms with E-state index in [1.807, 2.05) is 19.1 Å². The van der Waals surface area contributed by atoms with Crippen LogP contribution in [0.3, 0.4) is 0 Å². The molecule has 2 nitrogen and oxygen atoms in total. The first kappa shape index (κ1) is 6.23. The first-order valence-corrected chi connectivity index (χ1v) is 2.92. The van der Waals surface area contributed by atoms with Crippen molar-refractivity contribution in [3.8, 4) is 0 Å². The van der Waals surface area contributed by atoms with E-state index in [9.17, 15) is 0 Å². The van der Waals surface area contributed by atoms with Gasteiger partial charge in [-0.1, -0.05) is 0 Å². The second-order valence-corrected chi connectivity index (χ2v) is 2.00. The third-order valence-electron chi connectivity index (χ3n) is 1.21. The predicted octanol–water partition coefficient (Wildman–Crippen LogP) is 1.43. The van der Waals surface area contributed by atoms with Gasteiger partial charge in [-0.3, -0.25) is 10.7 Å². The Kier molecular flexibility index (Phi) is 1.80. The highest BCUT2D eigenvalue weighted by molar-refractivity contribution is 5.12. The molecule has 2 heteroatoms. The van der Waals surface area contributed by atoms with Crippen LogP contribution in [-0.2, 0) is 0 Å². The minimum atomic E-state index is -0.131. The van der Waals surface area contributed by atoms with Gasteiger partial charge in [-0.2, -0.15) is 0 Å². The van der Waals surface area contributed by atoms with Crippen molar-refractivity contribution >= 4 is 0 Å². The first-order chi connectivity index (χ1) is 4.30. The number of pyridine rings is 1. The Morgan fingerprint density at radius 2 is 2.00 bits per heavy atom. The van der Waals surface area contributed by atoms with Crippen molar-refractivity contribution < 1.29 is 0 Å². The molecule has 1 aromatic heterocycles. The van der Waals surface area contributed by atoms with Gasteiger partial charge in [-0.15, -0.1) is 0 Å². The second kappa shape index (κ2) is 2.60. The van der Waals surface area contributed by atoms with Gasteiger partial charge < -0.3 is 0 Å². The van der Waals surface area contributed by atoms with E-state index in [0.717, 1.165) is 5.56 Å². The third kappa shape index (κ3) is 1.50. The van der Waals surface area contributed by atoms with Gasteiger partial charge in [0.2, 0.25) is 0 Å². The maximum absolute atomic E-state index is 7.29. The number of rotatable bonds is 1. The lowest BCUT2D eigenvalue weighted by Crippen LogP contribution is -1.91. The molecular weight excluding hydrogens is 112 g/mol. The highest BCUT2D eigenvalue weighted by atomic mass is 14.6. The predicted molar refractivity (Wildman–Crippen MR) is 35.7 cm³/mol. The molecule has 1 aromatic rings. The molecule has 0 aliphatic rings. The first-order valence-electron chi connectivity index (χ1n) is 2.92. The molecule has 0 saturated carbocycles. The van der Waals surface area contributed by atoms with Crippen LogP contribution in [0, 0.1) is 0 Å². The van der Waals surface area contributed by atoms with Crippen LogP contribution in [0.4, 0.5) is 0 Å². The summed E-state index contributed by atoms with van der Waals surface area (Å²) in [5.41, 5.74) is 8.31. The molecule has 47 valence electrons. The van der Waals surface area contributed by atoms with Gasteiger partial charge in [0.05, 0.1) is 0 Å². The highest BCUT2D eigenvalue weighted by Crippen LogP contribution is 2.06.